The Morgan fingerprint density at radius 3 is 2.40 bits per heavy atom. The van der Waals surface area contributed by atoms with E-state index in [0.717, 1.165) is 13.1 Å². The molecule has 3 nitrogen and oxygen atoms in total. The summed E-state index contributed by atoms with van der Waals surface area (Å²) in [4.78, 5) is 11.0. The van der Waals surface area contributed by atoms with E-state index >= 15 is 0 Å². The standard InChI is InChI=1S/C17H26N2O/c1-14(20)11-12-18-16-9-5-6-10-17(16)19-13-15-7-3-2-4-8-15/h2-4,7-8,16-19H,5-6,9-13H2,1H3/t16-,17-/m0/s1. The maximum absolute atomic E-state index is 11.0. The number of nitrogens with one attached hydrogen (secondary N) is 2. The molecule has 0 saturated heterocycles. The number of carbonyl (C=O) groups excluding carboxylic acids is 1. The van der Waals surface area contributed by atoms with E-state index in [1.54, 1.807) is 6.92 Å². The van der Waals surface area contributed by atoms with Crippen LogP contribution in [0.5, 0.6) is 0 Å². The van der Waals surface area contributed by atoms with E-state index in [4.69, 9.17) is 0 Å². The minimum absolute atomic E-state index is 0.266. The summed E-state index contributed by atoms with van der Waals surface area (Å²) in [6.45, 7) is 3.40. The van der Waals surface area contributed by atoms with E-state index in [-0.39, 0.29) is 5.78 Å². The Bertz CT molecular complexity index is 405. The second-order valence-corrected chi connectivity index (χ2v) is 5.77. The van der Waals surface area contributed by atoms with Crippen molar-refractivity contribution in [3.63, 3.8) is 0 Å². The fraction of sp³-hybridized carbons (Fsp3) is 0.588. The van der Waals surface area contributed by atoms with Gasteiger partial charge in [0, 0.05) is 31.6 Å². The van der Waals surface area contributed by atoms with Crippen molar-refractivity contribution in [2.45, 2.75) is 57.7 Å². The maximum Gasteiger partial charge on any atom is 0.131 e. The first-order valence-corrected chi connectivity index (χ1v) is 7.76. The lowest BCUT2D eigenvalue weighted by molar-refractivity contribution is -0.116. The highest BCUT2D eigenvalue weighted by atomic mass is 16.1. The van der Waals surface area contributed by atoms with Crippen LogP contribution in [0, 0.1) is 0 Å². The van der Waals surface area contributed by atoms with Gasteiger partial charge in [0.15, 0.2) is 0 Å². The lowest BCUT2D eigenvalue weighted by atomic mass is 9.90. The molecule has 3 heteroatoms. The summed E-state index contributed by atoms with van der Waals surface area (Å²) in [5.74, 6) is 0.266. The monoisotopic (exact) mass is 274 g/mol. The molecule has 1 aromatic carbocycles. The molecule has 0 spiro atoms. The van der Waals surface area contributed by atoms with Gasteiger partial charge in [0.05, 0.1) is 0 Å². The minimum Gasteiger partial charge on any atom is -0.312 e. The normalized spacial score (nSPS) is 22.6. The third-order valence-corrected chi connectivity index (χ3v) is 4.06. The molecule has 1 saturated carbocycles. The molecule has 2 atom stereocenters. The number of rotatable bonds is 7. The quantitative estimate of drug-likeness (QED) is 0.803. The number of hydrogen-bond acceptors (Lipinski definition) is 3. The van der Waals surface area contributed by atoms with Crippen LogP contribution >= 0.6 is 0 Å². The van der Waals surface area contributed by atoms with Gasteiger partial charge in [-0.1, -0.05) is 43.2 Å². The molecule has 1 fully saturated rings. The zero-order valence-corrected chi connectivity index (χ0v) is 12.4. The van der Waals surface area contributed by atoms with Gasteiger partial charge in [0.1, 0.15) is 5.78 Å². The Hall–Kier alpha value is -1.19. The van der Waals surface area contributed by atoms with Crippen LogP contribution < -0.4 is 10.6 Å². The first kappa shape index (κ1) is 15.2. The van der Waals surface area contributed by atoms with Crippen LogP contribution in [0.25, 0.3) is 0 Å². The summed E-state index contributed by atoms with van der Waals surface area (Å²) < 4.78 is 0. The zero-order chi connectivity index (χ0) is 14.2. The average Bonchev–Trinajstić information content (AvgIpc) is 2.47. The molecule has 2 N–H and O–H groups in total. The third kappa shape index (κ3) is 5.06. The number of carbonyl (C=O) groups is 1. The summed E-state index contributed by atoms with van der Waals surface area (Å²) in [7, 11) is 0. The number of benzene rings is 1. The number of Topliss-reactive ketones (excluding diaryl/α,β-unsaturated/α-hetero) is 1. The van der Waals surface area contributed by atoms with Crippen LogP contribution in [0.2, 0.25) is 0 Å². The van der Waals surface area contributed by atoms with Crippen molar-refractivity contribution < 1.29 is 4.79 Å². The molecule has 0 radical (unpaired) electrons. The van der Waals surface area contributed by atoms with Gasteiger partial charge in [0.2, 0.25) is 0 Å². The zero-order valence-electron chi connectivity index (χ0n) is 12.4. The molecule has 0 amide bonds. The molecule has 1 aliphatic rings. The van der Waals surface area contributed by atoms with Crippen molar-refractivity contribution in [2.75, 3.05) is 6.54 Å². The molecule has 0 aromatic heterocycles. The highest BCUT2D eigenvalue weighted by Gasteiger charge is 2.23. The maximum atomic E-state index is 11.0. The SMILES string of the molecule is CC(=O)CCN[C@H]1CCCC[C@@H]1NCc1ccccc1. The third-order valence-electron chi connectivity index (χ3n) is 4.06. The van der Waals surface area contributed by atoms with Crippen LogP contribution in [0.4, 0.5) is 0 Å². The lowest BCUT2D eigenvalue weighted by Crippen LogP contribution is -2.49. The molecule has 1 aromatic rings. The van der Waals surface area contributed by atoms with Crippen molar-refractivity contribution in [2.24, 2.45) is 0 Å². The summed E-state index contributed by atoms with van der Waals surface area (Å²) >= 11 is 0. The Morgan fingerprint density at radius 1 is 1.10 bits per heavy atom. The van der Waals surface area contributed by atoms with Crippen molar-refractivity contribution in [1.82, 2.24) is 10.6 Å². The van der Waals surface area contributed by atoms with E-state index in [0.29, 0.717) is 18.5 Å². The minimum atomic E-state index is 0.266. The fourth-order valence-electron chi connectivity index (χ4n) is 2.90. The summed E-state index contributed by atoms with van der Waals surface area (Å²) in [6, 6.07) is 11.6. The van der Waals surface area contributed by atoms with E-state index < -0.39 is 0 Å². The highest BCUT2D eigenvalue weighted by Crippen LogP contribution is 2.19. The first-order chi connectivity index (χ1) is 9.75. The summed E-state index contributed by atoms with van der Waals surface area (Å²) in [5.41, 5.74) is 1.33. The fourth-order valence-corrected chi connectivity index (χ4v) is 2.90. The van der Waals surface area contributed by atoms with Crippen molar-refractivity contribution in [1.29, 1.82) is 0 Å². The van der Waals surface area contributed by atoms with Crippen LogP contribution in [0.1, 0.15) is 44.6 Å². The van der Waals surface area contributed by atoms with Gasteiger partial charge in [-0.05, 0) is 25.3 Å². The predicted molar refractivity (Wildman–Crippen MR) is 82.6 cm³/mol. The second-order valence-electron chi connectivity index (χ2n) is 5.77. The van der Waals surface area contributed by atoms with Crippen LogP contribution in [0.15, 0.2) is 30.3 Å². The number of ketones is 1. The summed E-state index contributed by atoms with van der Waals surface area (Å²) in [6.07, 6.45) is 5.68. The molecule has 20 heavy (non-hydrogen) atoms. The number of hydrogen-bond donors (Lipinski definition) is 2. The Morgan fingerprint density at radius 2 is 1.75 bits per heavy atom. The summed E-state index contributed by atoms with van der Waals surface area (Å²) in [5, 5.41) is 7.23. The van der Waals surface area contributed by atoms with Crippen molar-refractivity contribution >= 4 is 5.78 Å². The highest BCUT2D eigenvalue weighted by molar-refractivity contribution is 5.75. The van der Waals surface area contributed by atoms with Gasteiger partial charge < -0.3 is 10.6 Å². The van der Waals surface area contributed by atoms with Gasteiger partial charge in [-0.15, -0.1) is 0 Å². The molecule has 1 aliphatic carbocycles. The smallest absolute Gasteiger partial charge is 0.131 e. The Labute approximate surface area is 122 Å². The second kappa shape index (κ2) is 8.18. The molecular formula is C17H26N2O. The largest absolute Gasteiger partial charge is 0.312 e. The van der Waals surface area contributed by atoms with Gasteiger partial charge in [-0.3, -0.25) is 4.79 Å². The molecule has 110 valence electrons. The van der Waals surface area contributed by atoms with E-state index in [2.05, 4.69) is 41.0 Å². The lowest BCUT2D eigenvalue weighted by Gasteiger charge is -2.33. The van der Waals surface area contributed by atoms with Crippen LogP contribution in [-0.4, -0.2) is 24.4 Å². The van der Waals surface area contributed by atoms with E-state index in [9.17, 15) is 4.79 Å². The van der Waals surface area contributed by atoms with E-state index in [1.165, 1.54) is 31.2 Å². The van der Waals surface area contributed by atoms with Crippen LogP contribution in [-0.2, 0) is 11.3 Å². The van der Waals surface area contributed by atoms with Crippen molar-refractivity contribution in [3.8, 4) is 0 Å². The van der Waals surface area contributed by atoms with E-state index in [1.807, 2.05) is 0 Å². The van der Waals surface area contributed by atoms with Gasteiger partial charge in [-0.25, -0.2) is 0 Å². The molecular weight excluding hydrogens is 248 g/mol. The Balaban J connectivity index is 1.79. The average molecular weight is 274 g/mol. The van der Waals surface area contributed by atoms with Gasteiger partial charge in [0.25, 0.3) is 0 Å². The topological polar surface area (TPSA) is 41.1 Å². The Kier molecular flexibility index (Phi) is 6.22. The molecule has 2 rings (SSSR count). The predicted octanol–water partition coefficient (Wildman–Crippen LogP) is 2.66. The molecule has 0 aliphatic heterocycles. The molecule has 0 heterocycles. The van der Waals surface area contributed by atoms with Crippen LogP contribution in [0.3, 0.4) is 0 Å². The van der Waals surface area contributed by atoms with Gasteiger partial charge in [-0.2, -0.15) is 0 Å². The van der Waals surface area contributed by atoms with Crippen molar-refractivity contribution in [3.05, 3.63) is 35.9 Å². The molecule has 0 unspecified atom stereocenters. The van der Waals surface area contributed by atoms with Gasteiger partial charge >= 0.3 is 0 Å². The molecule has 0 bridgehead atoms. The first-order valence-electron chi connectivity index (χ1n) is 7.76.